The lowest BCUT2D eigenvalue weighted by Gasteiger charge is -2.19. The van der Waals surface area contributed by atoms with Crippen molar-refractivity contribution in [3.63, 3.8) is 0 Å². The van der Waals surface area contributed by atoms with Crippen LogP contribution in [0, 0.1) is 5.92 Å². The first-order valence-electron chi connectivity index (χ1n) is 8.27. The molecule has 1 saturated carbocycles. The Bertz CT molecular complexity index is 748. The van der Waals surface area contributed by atoms with Crippen molar-refractivity contribution >= 4 is 5.91 Å². The highest BCUT2D eigenvalue weighted by Gasteiger charge is 2.45. The van der Waals surface area contributed by atoms with E-state index in [-0.39, 0.29) is 17.7 Å². The first kappa shape index (κ1) is 15.0. The number of nitrogens with zero attached hydrogens (tertiary/aromatic N) is 2. The molecule has 2 heterocycles. The number of amides is 1. The molecule has 0 N–H and O–H groups in total. The van der Waals surface area contributed by atoms with Crippen LogP contribution in [0.1, 0.15) is 23.6 Å². The van der Waals surface area contributed by atoms with Gasteiger partial charge in [-0.05, 0) is 42.2 Å². The Hall–Kier alpha value is -2.56. The largest absolute Gasteiger partial charge is 0.486 e. The summed E-state index contributed by atoms with van der Waals surface area (Å²) in [5, 5.41) is 0. The van der Waals surface area contributed by atoms with E-state index in [1.807, 2.05) is 43.4 Å². The smallest absolute Gasteiger partial charge is 0.226 e. The van der Waals surface area contributed by atoms with Gasteiger partial charge in [-0.3, -0.25) is 9.78 Å². The monoisotopic (exact) mass is 324 g/mol. The molecule has 0 bridgehead atoms. The number of benzene rings is 1. The van der Waals surface area contributed by atoms with Crippen molar-refractivity contribution in [1.82, 2.24) is 9.88 Å². The maximum absolute atomic E-state index is 12.6. The summed E-state index contributed by atoms with van der Waals surface area (Å²) in [4.78, 5) is 18.7. The standard InChI is InChI=1S/C19H20N2O3/c1-21(12-14-4-2-3-7-20-14)19(22)16-11-15(16)13-5-6-17-18(10-13)24-9-8-23-17/h2-7,10,15-16H,8-9,11-12H2,1H3/t15-,16+/m0/s1. The molecule has 2 aromatic rings. The van der Waals surface area contributed by atoms with Gasteiger partial charge in [-0.1, -0.05) is 12.1 Å². The first-order chi connectivity index (χ1) is 11.7. The molecular weight excluding hydrogens is 304 g/mol. The van der Waals surface area contributed by atoms with Crippen LogP contribution >= 0.6 is 0 Å². The van der Waals surface area contributed by atoms with Gasteiger partial charge >= 0.3 is 0 Å². The molecule has 1 amide bonds. The van der Waals surface area contributed by atoms with Gasteiger partial charge in [-0.25, -0.2) is 0 Å². The number of hydrogen-bond acceptors (Lipinski definition) is 4. The SMILES string of the molecule is CN(Cc1ccccn1)C(=O)[C@@H]1C[C@H]1c1ccc2c(c1)OCCO2. The number of fused-ring (bicyclic) bond motifs is 1. The summed E-state index contributed by atoms with van der Waals surface area (Å²) in [6, 6.07) is 11.8. The zero-order valence-electron chi connectivity index (χ0n) is 13.6. The Kier molecular flexibility index (Phi) is 3.84. The average molecular weight is 324 g/mol. The second-order valence-corrected chi connectivity index (χ2v) is 6.37. The van der Waals surface area contributed by atoms with Crippen molar-refractivity contribution in [3.05, 3.63) is 53.9 Å². The molecule has 5 heteroatoms. The van der Waals surface area contributed by atoms with E-state index in [0.717, 1.165) is 29.2 Å². The number of carbonyl (C=O) groups is 1. The van der Waals surface area contributed by atoms with Crippen molar-refractivity contribution in [2.75, 3.05) is 20.3 Å². The van der Waals surface area contributed by atoms with Gasteiger partial charge in [0.05, 0.1) is 12.2 Å². The van der Waals surface area contributed by atoms with E-state index in [2.05, 4.69) is 4.98 Å². The molecule has 2 atom stereocenters. The normalized spacial score (nSPS) is 21.2. The molecule has 24 heavy (non-hydrogen) atoms. The third kappa shape index (κ3) is 2.94. The van der Waals surface area contributed by atoms with E-state index < -0.39 is 0 Å². The molecular formula is C19H20N2O3. The number of ether oxygens (including phenoxy) is 2. The molecule has 1 aliphatic carbocycles. The van der Waals surface area contributed by atoms with Gasteiger partial charge < -0.3 is 14.4 Å². The third-order valence-electron chi connectivity index (χ3n) is 4.60. The maximum atomic E-state index is 12.6. The second kappa shape index (κ2) is 6.15. The highest BCUT2D eigenvalue weighted by molar-refractivity contribution is 5.82. The van der Waals surface area contributed by atoms with Crippen molar-refractivity contribution < 1.29 is 14.3 Å². The van der Waals surface area contributed by atoms with Crippen molar-refractivity contribution in [2.45, 2.75) is 18.9 Å². The van der Waals surface area contributed by atoms with Crippen LogP contribution < -0.4 is 9.47 Å². The van der Waals surface area contributed by atoms with Crippen molar-refractivity contribution in [1.29, 1.82) is 0 Å². The highest BCUT2D eigenvalue weighted by atomic mass is 16.6. The van der Waals surface area contributed by atoms with E-state index in [0.29, 0.717) is 19.8 Å². The van der Waals surface area contributed by atoms with E-state index in [9.17, 15) is 4.79 Å². The van der Waals surface area contributed by atoms with Crippen LogP contribution in [-0.2, 0) is 11.3 Å². The Labute approximate surface area is 141 Å². The van der Waals surface area contributed by atoms with Crippen LogP contribution in [0.15, 0.2) is 42.6 Å². The van der Waals surface area contributed by atoms with E-state index >= 15 is 0 Å². The quantitative estimate of drug-likeness (QED) is 0.867. The Morgan fingerprint density at radius 2 is 2.04 bits per heavy atom. The fourth-order valence-corrected chi connectivity index (χ4v) is 3.22. The summed E-state index contributed by atoms with van der Waals surface area (Å²) in [5.74, 6) is 2.10. The minimum absolute atomic E-state index is 0.0567. The van der Waals surface area contributed by atoms with Gasteiger partial charge in [-0.15, -0.1) is 0 Å². The molecule has 0 unspecified atom stereocenters. The lowest BCUT2D eigenvalue weighted by atomic mass is 10.1. The molecule has 1 aliphatic heterocycles. The molecule has 2 aliphatic rings. The Balaban J connectivity index is 1.41. The van der Waals surface area contributed by atoms with Crippen LogP contribution in [0.5, 0.6) is 11.5 Å². The molecule has 0 radical (unpaired) electrons. The van der Waals surface area contributed by atoms with Crippen molar-refractivity contribution in [2.24, 2.45) is 5.92 Å². The van der Waals surface area contributed by atoms with E-state index in [4.69, 9.17) is 9.47 Å². The van der Waals surface area contributed by atoms with Gasteiger partial charge in [0.2, 0.25) is 5.91 Å². The van der Waals surface area contributed by atoms with E-state index in [1.54, 1.807) is 11.1 Å². The molecule has 0 spiro atoms. The Morgan fingerprint density at radius 1 is 1.21 bits per heavy atom. The van der Waals surface area contributed by atoms with Gasteiger partial charge in [0, 0.05) is 19.2 Å². The predicted molar refractivity (Wildman–Crippen MR) is 89.0 cm³/mol. The van der Waals surface area contributed by atoms with Crippen LogP contribution in [-0.4, -0.2) is 36.1 Å². The summed E-state index contributed by atoms with van der Waals surface area (Å²) < 4.78 is 11.2. The van der Waals surface area contributed by atoms with Gasteiger partial charge in [0.1, 0.15) is 13.2 Å². The van der Waals surface area contributed by atoms with Crippen LogP contribution in [0.3, 0.4) is 0 Å². The minimum atomic E-state index is 0.0567. The van der Waals surface area contributed by atoms with Gasteiger partial charge in [0.25, 0.3) is 0 Å². The van der Waals surface area contributed by atoms with Gasteiger partial charge in [-0.2, -0.15) is 0 Å². The number of rotatable bonds is 4. The maximum Gasteiger partial charge on any atom is 0.226 e. The zero-order chi connectivity index (χ0) is 16.5. The number of carbonyl (C=O) groups excluding carboxylic acids is 1. The molecule has 1 aromatic carbocycles. The molecule has 5 nitrogen and oxygen atoms in total. The van der Waals surface area contributed by atoms with Crippen LogP contribution in [0.4, 0.5) is 0 Å². The topological polar surface area (TPSA) is 51.7 Å². The summed E-state index contributed by atoms with van der Waals surface area (Å²) in [6.07, 6.45) is 2.65. The lowest BCUT2D eigenvalue weighted by molar-refractivity contribution is -0.131. The average Bonchev–Trinajstić information content (AvgIpc) is 3.42. The molecule has 0 saturated heterocycles. The molecule has 1 aromatic heterocycles. The third-order valence-corrected chi connectivity index (χ3v) is 4.60. The van der Waals surface area contributed by atoms with Crippen LogP contribution in [0.2, 0.25) is 0 Å². The number of aromatic nitrogens is 1. The second-order valence-electron chi connectivity index (χ2n) is 6.37. The fourth-order valence-electron chi connectivity index (χ4n) is 3.22. The summed E-state index contributed by atoms with van der Waals surface area (Å²) in [7, 11) is 1.84. The van der Waals surface area contributed by atoms with Crippen LogP contribution in [0.25, 0.3) is 0 Å². The van der Waals surface area contributed by atoms with E-state index in [1.165, 1.54) is 0 Å². The fraction of sp³-hybridized carbons (Fsp3) is 0.368. The molecule has 1 fully saturated rings. The predicted octanol–water partition coefficient (Wildman–Crippen LogP) is 2.61. The summed E-state index contributed by atoms with van der Waals surface area (Å²) in [5.41, 5.74) is 2.06. The summed E-state index contributed by atoms with van der Waals surface area (Å²) >= 11 is 0. The molecule has 124 valence electrons. The lowest BCUT2D eigenvalue weighted by Crippen LogP contribution is -2.28. The number of hydrogen-bond donors (Lipinski definition) is 0. The highest BCUT2D eigenvalue weighted by Crippen LogP contribution is 2.50. The molecule has 4 rings (SSSR count). The minimum Gasteiger partial charge on any atom is -0.486 e. The Morgan fingerprint density at radius 3 is 2.83 bits per heavy atom. The summed E-state index contributed by atoms with van der Waals surface area (Å²) in [6.45, 7) is 1.72. The zero-order valence-corrected chi connectivity index (χ0v) is 13.6. The first-order valence-corrected chi connectivity index (χ1v) is 8.27. The van der Waals surface area contributed by atoms with Gasteiger partial charge in [0.15, 0.2) is 11.5 Å². The van der Waals surface area contributed by atoms with Crippen molar-refractivity contribution in [3.8, 4) is 11.5 Å². The number of pyridine rings is 1.